The lowest BCUT2D eigenvalue weighted by Gasteiger charge is -2.10. The Morgan fingerprint density at radius 1 is 1.16 bits per heavy atom. The topological polar surface area (TPSA) is 55.1 Å². The van der Waals surface area contributed by atoms with Crippen LogP contribution in [0.2, 0.25) is 0 Å². The first kappa shape index (κ1) is 13.1. The Bertz CT molecular complexity index is 605. The Hall–Kier alpha value is -2.29. The van der Waals surface area contributed by atoms with Gasteiger partial charge in [0.05, 0.1) is 0 Å². The Morgan fingerprint density at radius 3 is 2.63 bits per heavy atom. The Kier molecular flexibility index (Phi) is 3.85. The quantitative estimate of drug-likeness (QED) is 0.827. The van der Waals surface area contributed by atoms with Gasteiger partial charge in [0.25, 0.3) is 5.91 Å². The van der Waals surface area contributed by atoms with Crippen molar-refractivity contribution >= 4 is 11.6 Å². The molecule has 2 aromatic carbocycles. The van der Waals surface area contributed by atoms with Crippen LogP contribution in [0.25, 0.3) is 0 Å². The second-order valence-electron chi connectivity index (χ2n) is 4.68. The van der Waals surface area contributed by atoms with Gasteiger partial charge in [-0.05, 0) is 43.2 Å². The lowest BCUT2D eigenvalue weighted by Crippen LogP contribution is -2.23. The average molecular weight is 254 g/mol. The smallest absolute Gasteiger partial charge is 0.251 e. The van der Waals surface area contributed by atoms with Gasteiger partial charge < -0.3 is 11.1 Å². The van der Waals surface area contributed by atoms with Crippen molar-refractivity contribution in [3.63, 3.8) is 0 Å². The molecule has 0 bridgehead atoms. The van der Waals surface area contributed by atoms with Gasteiger partial charge in [-0.25, -0.2) is 0 Å². The standard InChI is InChI=1S/C16H18N2O/c1-11-5-3-6-13(9-11)16(19)18-10-14-7-4-8-15(17)12(14)2/h3-9H,10,17H2,1-2H3,(H,18,19). The van der Waals surface area contributed by atoms with Gasteiger partial charge in [0.1, 0.15) is 0 Å². The van der Waals surface area contributed by atoms with Gasteiger partial charge in [-0.3, -0.25) is 4.79 Å². The number of amides is 1. The molecule has 0 aliphatic rings. The largest absolute Gasteiger partial charge is 0.399 e. The molecule has 0 atom stereocenters. The molecule has 0 heterocycles. The molecule has 0 saturated carbocycles. The van der Waals surface area contributed by atoms with E-state index in [2.05, 4.69) is 5.32 Å². The number of benzene rings is 2. The minimum absolute atomic E-state index is 0.0643. The van der Waals surface area contributed by atoms with Crippen LogP contribution >= 0.6 is 0 Å². The molecule has 0 spiro atoms. The fourth-order valence-electron chi connectivity index (χ4n) is 1.96. The van der Waals surface area contributed by atoms with E-state index >= 15 is 0 Å². The van der Waals surface area contributed by atoms with Gasteiger partial charge in [-0.15, -0.1) is 0 Å². The second-order valence-corrected chi connectivity index (χ2v) is 4.68. The second kappa shape index (κ2) is 5.57. The van der Waals surface area contributed by atoms with E-state index in [0.717, 1.165) is 22.4 Å². The summed E-state index contributed by atoms with van der Waals surface area (Å²) >= 11 is 0. The highest BCUT2D eigenvalue weighted by molar-refractivity contribution is 5.94. The third-order valence-corrected chi connectivity index (χ3v) is 3.21. The van der Waals surface area contributed by atoms with Crippen LogP contribution in [-0.4, -0.2) is 5.91 Å². The molecule has 0 aromatic heterocycles. The van der Waals surface area contributed by atoms with Crippen LogP contribution < -0.4 is 11.1 Å². The molecule has 2 aromatic rings. The molecule has 3 heteroatoms. The Balaban J connectivity index is 2.07. The van der Waals surface area contributed by atoms with Crippen LogP contribution in [0, 0.1) is 13.8 Å². The van der Waals surface area contributed by atoms with E-state index in [0.29, 0.717) is 12.1 Å². The third-order valence-electron chi connectivity index (χ3n) is 3.21. The SMILES string of the molecule is Cc1cccc(C(=O)NCc2cccc(N)c2C)c1. The molecular weight excluding hydrogens is 236 g/mol. The summed E-state index contributed by atoms with van der Waals surface area (Å²) in [6, 6.07) is 13.3. The van der Waals surface area contributed by atoms with Gasteiger partial charge in [0.15, 0.2) is 0 Å². The van der Waals surface area contributed by atoms with Crippen LogP contribution in [0.3, 0.4) is 0 Å². The number of carbonyl (C=O) groups is 1. The summed E-state index contributed by atoms with van der Waals surface area (Å²) in [6.07, 6.45) is 0. The van der Waals surface area contributed by atoms with Crippen LogP contribution in [0.4, 0.5) is 5.69 Å². The van der Waals surface area contributed by atoms with Gasteiger partial charge in [0.2, 0.25) is 0 Å². The van der Waals surface area contributed by atoms with Crippen molar-refractivity contribution < 1.29 is 4.79 Å². The molecule has 3 N–H and O–H groups in total. The predicted molar refractivity (Wildman–Crippen MR) is 77.9 cm³/mol. The molecule has 3 nitrogen and oxygen atoms in total. The lowest BCUT2D eigenvalue weighted by atomic mass is 10.1. The van der Waals surface area contributed by atoms with Crippen molar-refractivity contribution in [2.45, 2.75) is 20.4 Å². The van der Waals surface area contributed by atoms with E-state index in [4.69, 9.17) is 5.73 Å². The van der Waals surface area contributed by atoms with E-state index < -0.39 is 0 Å². The molecule has 0 aliphatic carbocycles. The van der Waals surface area contributed by atoms with Crippen molar-refractivity contribution in [2.75, 3.05) is 5.73 Å². The minimum Gasteiger partial charge on any atom is -0.399 e. The van der Waals surface area contributed by atoms with Gasteiger partial charge >= 0.3 is 0 Å². The fourth-order valence-corrected chi connectivity index (χ4v) is 1.96. The van der Waals surface area contributed by atoms with Gasteiger partial charge in [0, 0.05) is 17.8 Å². The number of nitrogens with one attached hydrogen (secondary N) is 1. The van der Waals surface area contributed by atoms with Crippen molar-refractivity contribution in [1.29, 1.82) is 0 Å². The highest BCUT2D eigenvalue weighted by atomic mass is 16.1. The van der Waals surface area contributed by atoms with E-state index in [-0.39, 0.29) is 5.91 Å². The average Bonchev–Trinajstić information content (AvgIpc) is 2.40. The highest BCUT2D eigenvalue weighted by Gasteiger charge is 2.06. The van der Waals surface area contributed by atoms with Crippen molar-refractivity contribution in [3.8, 4) is 0 Å². The number of nitrogens with two attached hydrogens (primary N) is 1. The number of anilines is 1. The predicted octanol–water partition coefficient (Wildman–Crippen LogP) is 2.82. The Labute approximate surface area is 113 Å². The van der Waals surface area contributed by atoms with Crippen molar-refractivity contribution in [2.24, 2.45) is 0 Å². The Morgan fingerprint density at radius 2 is 1.89 bits per heavy atom. The van der Waals surface area contributed by atoms with E-state index in [9.17, 15) is 4.79 Å². The number of hydrogen-bond acceptors (Lipinski definition) is 2. The number of hydrogen-bond donors (Lipinski definition) is 2. The van der Waals surface area contributed by atoms with Gasteiger partial charge in [-0.2, -0.15) is 0 Å². The fraction of sp³-hybridized carbons (Fsp3) is 0.188. The highest BCUT2D eigenvalue weighted by Crippen LogP contribution is 2.15. The maximum atomic E-state index is 12.0. The summed E-state index contributed by atoms with van der Waals surface area (Å²) < 4.78 is 0. The zero-order valence-electron chi connectivity index (χ0n) is 11.2. The van der Waals surface area contributed by atoms with Crippen molar-refractivity contribution in [1.82, 2.24) is 5.32 Å². The molecule has 0 saturated heterocycles. The first-order valence-electron chi connectivity index (χ1n) is 6.27. The molecule has 0 unspecified atom stereocenters. The van der Waals surface area contributed by atoms with Gasteiger partial charge in [-0.1, -0.05) is 29.8 Å². The van der Waals surface area contributed by atoms with E-state index in [1.807, 2.05) is 56.3 Å². The van der Waals surface area contributed by atoms with E-state index in [1.54, 1.807) is 0 Å². The maximum absolute atomic E-state index is 12.0. The summed E-state index contributed by atoms with van der Waals surface area (Å²) in [7, 11) is 0. The number of carbonyl (C=O) groups excluding carboxylic acids is 1. The molecule has 0 radical (unpaired) electrons. The summed E-state index contributed by atoms with van der Waals surface area (Å²) in [5.74, 6) is -0.0643. The maximum Gasteiger partial charge on any atom is 0.251 e. The van der Waals surface area contributed by atoms with E-state index in [1.165, 1.54) is 0 Å². The summed E-state index contributed by atoms with van der Waals surface area (Å²) in [5, 5.41) is 2.92. The van der Waals surface area contributed by atoms with Crippen LogP contribution in [0.15, 0.2) is 42.5 Å². The van der Waals surface area contributed by atoms with Crippen LogP contribution in [0.5, 0.6) is 0 Å². The number of rotatable bonds is 3. The summed E-state index contributed by atoms with van der Waals surface area (Å²) in [4.78, 5) is 12.0. The van der Waals surface area contributed by atoms with Crippen molar-refractivity contribution in [3.05, 3.63) is 64.7 Å². The van der Waals surface area contributed by atoms with Crippen LogP contribution in [-0.2, 0) is 6.54 Å². The number of aryl methyl sites for hydroxylation is 1. The summed E-state index contributed by atoms with van der Waals surface area (Å²) in [5.41, 5.74) is 10.4. The third kappa shape index (κ3) is 3.13. The minimum atomic E-state index is -0.0643. The molecule has 0 fully saturated rings. The summed E-state index contributed by atoms with van der Waals surface area (Å²) in [6.45, 7) is 4.42. The monoisotopic (exact) mass is 254 g/mol. The molecular formula is C16H18N2O. The first-order valence-corrected chi connectivity index (χ1v) is 6.27. The molecule has 2 rings (SSSR count). The molecule has 19 heavy (non-hydrogen) atoms. The lowest BCUT2D eigenvalue weighted by molar-refractivity contribution is 0.0951. The number of nitrogen functional groups attached to an aromatic ring is 1. The molecule has 1 amide bonds. The zero-order chi connectivity index (χ0) is 13.8. The first-order chi connectivity index (χ1) is 9.08. The normalized spacial score (nSPS) is 10.2. The molecule has 0 aliphatic heterocycles. The van der Waals surface area contributed by atoms with Crippen LogP contribution in [0.1, 0.15) is 27.0 Å². The zero-order valence-corrected chi connectivity index (χ0v) is 11.2. The molecule has 98 valence electrons.